The molecule has 3 aliphatic rings. The van der Waals surface area contributed by atoms with Crippen LogP contribution in [0.3, 0.4) is 0 Å². The Hall–Kier alpha value is -3.64. The number of hydrogen-bond acceptors (Lipinski definition) is 8. The normalized spacial score (nSPS) is 18.9. The second-order valence-corrected chi connectivity index (χ2v) is 9.45. The second-order valence-electron chi connectivity index (χ2n) is 9.45. The molecule has 1 N–H and O–H groups in total. The highest BCUT2D eigenvalue weighted by Crippen LogP contribution is 2.47. The molecular weight excluding hydrogens is 433 g/mol. The first-order valence-corrected chi connectivity index (χ1v) is 11.7. The van der Waals surface area contributed by atoms with E-state index >= 15 is 0 Å². The molecule has 172 valence electrons. The van der Waals surface area contributed by atoms with Crippen LogP contribution in [0, 0.1) is 22.6 Å². The molecule has 34 heavy (non-hydrogen) atoms. The van der Waals surface area contributed by atoms with Crippen molar-refractivity contribution >= 4 is 5.82 Å². The van der Waals surface area contributed by atoms with Crippen LogP contribution < -0.4 is 15.0 Å². The number of piperidine rings is 1. The summed E-state index contributed by atoms with van der Waals surface area (Å²) in [6.07, 6.45) is 5.73. The maximum Gasteiger partial charge on any atom is 0.282 e. The van der Waals surface area contributed by atoms with Crippen LogP contribution in [0.4, 0.5) is 10.2 Å². The highest BCUT2D eigenvalue weighted by atomic mass is 19.1. The summed E-state index contributed by atoms with van der Waals surface area (Å²) in [5.74, 6) is 1.30. The maximum absolute atomic E-state index is 14.4. The van der Waals surface area contributed by atoms with E-state index in [1.807, 2.05) is 6.07 Å². The fourth-order valence-electron chi connectivity index (χ4n) is 5.07. The molecule has 0 bridgehead atoms. The van der Waals surface area contributed by atoms with Crippen molar-refractivity contribution in [2.75, 3.05) is 31.1 Å². The molecule has 1 aliphatic carbocycles. The van der Waals surface area contributed by atoms with Crippen molar-refractivity contribution < 1.29 is 9.13 Å². The number of pyridine rings is 1. The van der Waals surface area contributed by atoms with Crippen LogP contribution in [0.15, 0.2) is 36.7 Å². The zero-order valence-corrected chi connectivity index (χ0v) is 18.7. The number of aromatic nitrogens is 4. The lowest BCUT2D eigenvalue weighted by Gasteiger charge is -2.52. The molecule has 3 aromatic rings. The quantitative estimate of drug-likeness (QED) is 0.618. The van der Waals surface area contributed by atoms with Crippen LogP contribution in [0.1, 0.15) is 43.0 Å². The number of nitriles is 1. The van der Waals surface area contributed by atoms with E-state index in [1.165, 1.54) is 18.5 Å². The van der Waals surface area contributed by atoms with Gasteiger partial charge in [0.15, 0.2) is 5.82 Å². The van der Waals surface area contributed by atoms with Gasteiger partial charge in [0.2, 0.25) is 0 Å². The standard InChI is InChI=1S/C25H24FN7O/c26-17-3-6-21(20(11-17)19-5-4-18(12-27)31-22(19)16-1-2-16)34-24-23(29-15-30-32-24)33-13-25(14-33)7-9-28-10-8-25/h3-6,11,15-16,28H,1-2,7-10,13-14H2. The van der Waals surface area contributed by atoms with Crippen LogP contribution in [-0.2, 0) is 0 Å². The Labute approximate surface area is 196 Å². The van der Waals surface area contributed by atoms with Gasteiger partial charge in [0.25, 0.3) is 5.88 Å². The molecule has 0 radical (unpaired) electrons. The van der Waals surface area contributed by atoms with Crippen molar-refractivity contribution in [1.82, 2.24) is 25.5 Å². The fraction of sp³-hybridized carbons (Fsp3) is 0.400. The lowest BCUT2D eigenvalue weighted by Crippen LogP contribution is -2.60. The SMILES string of the molecule is N#Cc1ccc(-c2cc(F)ccc2Oc2nncnc2N2CC3(CCNCC3)C2)c(C2CC2)n1. The summed E-state index contributed by atoms with van der Waals surface area (Å²) in [6.45, 7) is 3.90. The largest absolute Gasteiger partial charge is 0.434 e. The third-order valence-electron chi connectivity index (χ3n) is 7.03. The zero-order chi connectivity index (χ0) is 23.1. The number of halogens is 1. The van der Waals surface area contributed by atoms with E-state index in [2.05, 4.69) is 36.5 Å². The molecule has 6 rings (SSSR count). The van der Waals surface area contributed by atoms with Crippen molar-refractivity contribution in [2.24, 2.45) is 5.41 Å². The topological polar surface area (TPSA) is 99.8 Å². The number of ether oxygens (including phenoxy) is 1. The van der Waals surface area contributed by atoms with E-state index in [9.17, 15) is 9.65 Å². The molecule has 0 atom stereocenters. The molecule has 1 spiro atoms. The summed E-state index contributed by atoms with van der Waals surface area (Å²) in [5.41, 5.74) is 2.83. The van der Waals surface area contributed by atoms with Gasteiger partial charge in [0.05, 0.1) is 5.69 Å². The summed E-state index contributed by atoms with van der Waals surface area (Å²) in [5, 5.41) is 20.9. The summed E-state index contributed by atoms with van der Waals surface area (Å²) in [7, 11) is 0. The van der Waals surface area contributed by atoms with E-state index < -0.39 is 0 Å². The Morgan fingerprint density at radius 2 is 1.94 bits per heavy atom. The molecule has 1 saturated carbocycles. The number of anilines is 1. The van der Waals surface area contributed by atoms with Gasteiger partial charge in [-0.05, 0) is 69.1 Å². The first-order valence-electron chi connectivity index (χ1n) is 11.7. The minimum absolute atomic E-state index is 0.274. The van der Waals surface area contributed by atoms with Gasteiger partial charge in [-0.25, -0.2) is 14.4 Å². The van der Waals surface area contributed by atoms with Crippen LogP contribution in [-0.4, -0.2) is 46.3 Å². The Kier molecular flexibility index (Phi) is 5.11. The highest BCUT2D eigenvalue weighted by molar-refractivity contribution is 5.74. The van der Waals surface area contributed by atoms with Gasteiger partial charge < -0.3 is 15.0 Å². The minimum atomic E-state index is -0.374. The van der Waals surface area contributed by atoms with E-state index in [1.54, 1.807) is 12.1 Å². The van der Waals surface area contributed by atoms with E-state index in [-0.39, 0.29) is 11.7 Å². The van der Waals surface area contributed by atoms with Gasteiger partial charge >= 0.3 is 0 Å². The lowest BCUT2D eigenvalue weighted by atomic mass is 9.72. The predicted octanol–water partition coefficient (Wildman–Crippen LogP) is 3.80. The Balaban J connectivity index is 1.33. The summed E-state index contributed by atoms with van der Waals surface area (Å²) < 4.78 is 20.6. The molecule has 0 unspecified atom stereocenters. The maximum atomic E-state index is 14.4. The van der Waals surface area contributed by atoms with Crippen LogP contribution in [0.5, 0.6) is 11.6 Å². The molecule has 9 heteroatoms. The predicted molar refractivity (Wildman–Crippen MR) is 123 cm³/mol. The number of nitrogens with one attached hydrogen (secondary N) is 1. The summed E-state index contributed by atoms with van der Waals surface area (Å²) in [6, 6.07) is 9.99. The average Bonchev–Trinajstić information content (AvgIpc) is 3.70. The van der Waals surface area contributed by atoms with Gasteiger partial charge in [-0.2, -0.15) is 5.26 Å². The van der Waals surface area contributed by atoms with Crippen LogP contribution in [0.25, 0.3) is 11.1 Å². The van der Waals surface area contributed by atoms with Crippen molar-refractivity contribution in [2.45, 2.75) is 31.6 Å². The first-order chi connectivity index (χ1) is 16.6. The van der Waals surface area contributed by atoms with E-state index in [0.717, 1.165) is 63.1 Å². The van der Waals surface area contributed by atoms with Crippen molar-refractivity contribution in [3.8, 4) is 28.8 Å². The summed E-state index contributed by atoms with van der Waals surface area (Å²) >= 11 is 0. The molecule has 2 aliphatic heterocycles. The van der Waals surface area contributed by atoms with Crippen molar-refractivity contribution in [3.05, 3.63) is 53.9 Å². The molecular formula is C25H24FN7O. The van der Waals surface area contributed by atoms with Crippen molar-refractivity contribution in [1.29, 1.82) is 5.26 Å². The van der Waals surface area contributed by atoms with Crippen LogP contribution in [0.2, 0.25) is 0 Å². The Morgan fingerprint density at radius 1 is 1.12 bits per heavy atom. The Morgan fingerprint density at radius 3 is 2.71 bits per heavy atom. The molecule has 2 aromatic heterocycles. The molecule has 2 saturated heterocycles. The van der Waals surface area contributed by atoms with E-state index in [4.69, 9.17) is 4.74 Å². The average molecular weight is 458 g/mol. The third kappa shape index (κ3) is 3.84. The monoisotopic (exact) mass is 457 g/mol. The van der Waals surface area contributed by atoms with Gasteiger partial charge in [-0.1, -0.05) is 0 Å². The second kappa shape index (κ2) is 8.29. The number of rotatable bonds is 5. The molecule has 3 fully saturated rings. The van der Waals surface area contributed by atoms with Crippen LogP contribution >= 0.6 is 0 Å². The van der Waals surface area contributed by atoms with Crippen molar-refractivity contribution in [3.63, 3.8) is 0 Å². The van der Waals surface area contributed by atoms with Gasteiger partial charge in [0, 0.05) is 35.5 Å². The first kappa shape index (κ1) is 20.9. The minimum Gasteiger partial charge on any atom is -0.434 e. The van der Waals surface area contributed by atoms with Gasteiger partial charge in [-0.15, -0.1) is 10.2 Å². The number of benzene rings is 1. The molecule has 8 nitrogen and oxygen atoms in total. The Bertz CT molecular complexity index is 1270. The zero-order valence-electron chi connectivity index (χ0n) is 18.7. The smallest absolute Gasteiger partial charge is 0.282 e. The molecule has 1 aromatic carbocycles. The third-order valence-corrected chi connectivity index (χ3v) is 7.03. The molecule has 0 amide bonds. The van der Waals surface area contributed by atoms with Gasteiger partial charge in [0.1, 0.15) is 29.7 Å². The highest BCUT2D eigenvalue weighted by Gasteiger charge is 2.45. The van der Waals surface area contributed by atoms with Gasteiger partial charge in [-0.3, -0.25) is 0 Å². The molecule has 4 heterocycles. The lowest BCUT2D eigenvalue weighted by molar-refractivity contribution is 0.148. The fourth-order valence-corrected chi connectivity index (χ4v) is 5.07. The number of hydrogen-bond donors (Lipinski definition) is 1. The van der Waals surface area contributed by atoms with E-state index in [0.29, 0.717) is 34.1 Å². The number of nitrogens with zero attached hydrogens (tertiary/aromatic N) is 6. The summed E-state index contributed by atoms with van der Waals surface area (Å²) in [4.78, 5) is 11.2.